The molecule has 0 spiro atoms. The molecular formula is C36H63NO3. The van der Waals surface area contributed by atoms with Crippen LogP contribution in [0.3, 0.4) is 0 Å². The molecule has 40 heavy (non-hydrogen) atoms. The lowest BCUT2D eigenvalue weighted by atomic mass is 9.42. The summed E-state index contributed by atoms with van der Waals surface area (Å²) in [4.78, 5) is 25.5. The van der Waals surface area contributed by atoms with Crippen LogP contribution in [0.25, 0.3) is 0 Å². The maximum absolute atomic E-state index is 12.9. The standard InChI is InChI=1S/C36H63NO3/c1-5-6-7-8-9-12-23-40-33(39)17-14-26(2)30-15-16-31-34-27(25-29(38)19-22-37)24-28-13-10-11-20-35(28,3)32(34)18-21-36(30,31)4/h26-28,30-32,34H,5-25,37H2,1-4H3/t26-,27+,28?,30?,31?,32?,34?,35?,36?/m1/s1. The van der Waals surface area contributed by atoms with Crippen molar-refractivity contribution in [3.63, 3.8) is 0 Å². The van der Waals surface area contributed by atoms with Gasteiger partial charge < -0.3 is 10.5 Å². The summed E-state index contributed by atoms with van der Waals surface area (Å²) >= 11 is 0. The van der Waals surface area contributed by atoms with E-state index in [0.29, 0.717) is 66.3 Å². The molecule has 4 saturated carbocycles. The van der Waals surface area contributed by atoms with E-state index in [9.17, 15) is 9.59 Å². The maximum atomic E-state index is 12.9. The minimum Gasteiger partial charge on any atom is -0.466 e. The molecule has 9 atom stereocenters. The second-order valence-corrected chi connectivity index (χ2v) is 15.2. The van der Waals surface area contributed by atoms with Gasteiger partial charge in [0, 0.05) is 19.3 Å². The van der Waals surface area contributed by atoms with Gasteiger partial charge in [0.25, 0.3) is 0 Å². The normalized spacial score (nSPS) is 37.7. The van der Waals surface area contributed by atoms with E-state index in [1.54, 1.807) is 0 Å². The average molecular weight is 558 g/mol. The monoisotopic (exact) mass is 557 g/mol. The van der Waals surface area contributed by atoms with Crippen LogP contribution >= 0.6 is 0 Å². The number of nitrogens with two attached hydrogens (primary N) is 1. The van der Waals surface area contributed by atoms with Crippen molar-refractivity contribution in [1.82, 2.24) is 0 Å². The van der Waals surface area contributed by atoms with Gasteiger partial charge in [0.05, 0.1) is 6.61 Å². The molecule has 0 amide bonds. The SMILES string of the molecule is CCCCCCCCOC(=O)CC[C@@H](C)C1CCC2C3C(CCC21C)C1(C)CCCCC1C[C@H]3CC(=O)CCN. The van der Waals surface area contributed by atoms with Crippen molar-refractivity contribution in [2.24, 2.45) is 58.0 Å². The second-order valence-electron chi connectivity index (χ2n) is 15.2. The largest absolute Gasteiger partial charge is 0.466 e. The summed E-state index contributed by atoms with van der Waals surface area (Å²) in [7, 11) is 0. The molecule has 230 valence electrons. The van der Waals surface area contributed by atoms with Gasteiger partial charge in [-0.1, -0.05) is 72.6 Å². The van der Waals surface area contributed by atoms with Crippen molar-refractivity contribution in [1.29, 1.82) is 0 Å². The summed E-state index contributed by atoms with van der Waals surface area (Å²) in [6.45, 7) is 11.0. The predicted octanol–water partition coefficient (Wildman–Crippen LogP) is 8.89. The number of unbranched alkanes of at least 4 members (excludes halogenated alkanes) is 5. The topological polar surface area (TPSA) is 69.4 Å². The Kier molecular flexibility index (Phi) is 11.6. The van der Waals surface area contributed by atoms with E-state index in [-0.39, 0.29) is 5.97 Å². The Morgan fingerprint density at radius 3 is 2.42 bits per heavy atom. The molecule has 4 aliphatic carbocycles. The van der Waals surface area contributed by atoms with Gasteiger partial charge >= 0.3 is 5.97 Å². The number of esters is 1. The van der Waals surface area contributed by atoms with E-state index < -0.39 is 0 Å². The summed E-state index contributed by atoms with van der Waals surface area (Å²) in [6, 6.07) is 0. The summed E-state index contributed by atoms with van der Waals surface area (Å²) < 4.78 is 5.62. The Bertz CT molecular complexity index is 827. The van der Waals surface area contributed by atoms with E-state index >= 15 is 0 Å². The zero-order valence-electron chi connectivity index (χ0n) is 26.7. The van der Waals surface area contributed by atoms with Crippen LogP contribution in [0.4, 0.5) is 0 Å². The Labute approximate surface area is 246 Å². The van der Waals surface area contributed by atoms with E-state index in [1.165, 1.54) is 89.9 Å². The smallest absolute Gasteiger partial charge is 0.305 e. The molecular weight excluding hydrogens is 494 g/mol. The maximum Gasteiger partial charge on any atom is 0.305 e. The molecule has 0 heterocycles. The van der Waals surface area contributed by atoms with Crippen LogP contribution in [-0.4, -0.2) is 24.9 Å². The molecule has 0 bridgehead atoms. The lowest BCUT2D eigenvalue weighted by molar-refractivity contribution is -0.148. The van der Waals surface area contributed by atoms with Crippen molar-refractivity contribution in [3.8, 4) is 0 Å². The summed E-state index contributed by atoms with van der Waals surface area (Å²) in [6.07, 6.45) is 22.2. The number of hydrogen-bond donors (Lipinski definition) is 1. The molecule has 2 N–H and O–H groups in total. The highest BCUT2D eigenvalue weighted by Crippen LogP contribution is 2.70. The minimum absolute atomic E-state index is 0.00541. The van der Waals surface area contributed by atoms with Crippen molar-refractivity contribution in [2.45, 2.75) is 150 Å². The zero-order chi connectivity index (χ0) is 28.8. The quantitative estimate of drug-likeness (QED) is 0.161. The number of carbonyl (C=O) groups is 2. The fourth-order valence-electron chi connectivity index (χ4n) is 10.9. The number of rotatable bonds is 15. The third-order valence-electron chi connectivity index (χ3n) is 13.0. The highest BCUT2D eigenvalue weighted by molar-refractivity contribution is 5.78. The van der Waals surface area contributed by atoms with Gasteiger partial charge in [-0.25, -0.2) is 0 Å². The molecule has 4 nitrogen and oxygen atoms in total. The number of hydrogen-bond acceptors (Lipinski definition) is 4. The summed E-state index contributed by atoms with van der Waals surface area (Å²) in [5.74, 6) is 5.21. The molecule has 4 fully saturated rings. The van der Waals surface area contributed by atoms with Gasteiger partial charge in [-0.05, 0) is 117 Å². The lowest BCUT2D eigenvalue weighted by Crippen LogP contribution is -2.56. The number of carbonyl (C=O) groups excluding carboxylic acids is 2. The first-order valence-electron chi connectivity index (χ1n) is 17.6. The molecule has 0 aromatic carbocycles. The number of fused-ring (bicyclic) bond motifs is 5. The van der Waals surface area contributed by atoms with Crippen LogP contribution < -0.4 is 5.73 Å². The fraction of sp³-hybridized carbons (Fsp3) is 0.944. The molecule has 4 heteroatoms. The Balaban J connectivity index is 1.36. The van der Waals surface area contributed by atoms with Crippen molar-refractivity contribution in [2.75, 3.05) is 13.2 Å². The molecule has 4 aliphatic rings. The van der Waals surface area contributed by atoms with Crippen molar-refractivity contribution in [3.05, 3.63) is 0 Å². The lowest BCUT2D eigenvalue weighted by Gasteiger charge is -2.63. The van der Waals surface area contributed by atoms with E-state index in [1.807, 2.05) is 0 Å². The molecule has 0 radical (unpaired) electrons. The summed E-state index contributed by atoms with van der Waals surface area (Å²) in [5.41, 5.74) is 6.62. The van der Waals surface area contributed by atoms with Gasteiger partial charge in [0.2, 0.25) is 0 Å². The van der Waals surface area contributed by atoms with Crippen molar-refractivity contribution < 1.29 is 14.3 Å². The second kappa shape index (κ2) is 14.5. The first kappa shape index (κ1) is 32.0. The van der Waals surface area contributed by atoms with Gasteiger partial charge in [0.15, 0.2) is 0 Å². The Morgan fingerprint density at radius 2 is 1.65 bits per heavy atom. The summed E-state index contributed by atoms with van der Waals surface area (Å²) in [5, 5.41) is 0. The van der Waals surface area contributed by atoms with Crippen LogP contribution in [-0.2, 0) is 14.3 Å². The molecule has 0 aliphatic heterocycles. The first-order valence-corrected chi connectivity index (χ1v) is 17.6. The van der Waals surface area contributed by atoms with Gasteiger partial charge in [-0.2, -0.15) is 0 Å². The Hall–Kier alpha value is -0.900. The van der Waals surface area contributed by atoms with Crippen LogP contribution in [0, 0.1) is 52.3 Å². The van der Waals surface area contributed by atoms with Crippen LogP contribution in [0.2, 0.25) is 0 Å². The molecule has 0 aromatic heterocycles. The van der Waals surface area contributed by atoms with Crippen LogP contribution in [0.1, 0.15) is 150 Å². The van der Waals surface area contributed by atoms with Crippen LogP contribution in [0.15, 0.2) is 0 Å². The van der Waals surface area contributed by atoms with E-state index in [4.69, 9.17) is 10.5 Å². The predicted molar refractivity (Wildman–Crippen MR) is 165 cm³/mol. The highest BCUT2D eigenvalue weighted by atomic mass is 16.5. The molecule has 4 rings (SSSR count). The fourth-order valence-corrected chi connectivity index (χ4v) is 10.9. The van der Waals surface area contributed by atoms with Gasteiger partial charge in [-0.15, -0.1) is 0 Å². The third kappa shape index (κ3) is 7.00. The molecule has 0 aromatic rings. The number of Topliss-reactive ketones (excluding diaryl/α,β-unsaturated/α-hetero) is 1. The minimum atomic E-state index is 0.00541. The average Bonchev–Trinajstić information content (AvgIpc) is 3.28. The number of ketones is 1. The van der Waals surface area contributed by atoms with Crippen molar-refractivity contribution >= 4 is 11.8 Å². The zero-order valence-corrected chi connectivity index (χ0v) is 26.7. The van der Waals surface area contributed by atoms with E-state index in [2.05, 4.69) is 27.7 Å². The highest BCUT2D eigenvalue weighted by Gasteiger charge is 2.62. The van der Waals surface area contributed by atoms with Gasteiger partial charge in [0.1, 0.15) is 5.78 Å². The first-order chi connectivity index (χ1) is 19.2. The molecule has 7 unspecified atom stereocenters. The number of ether oxygens (including phenoxy) is 1. The van der Waals surface area contributed by atoms with Crippen LogP contribution in [0.5, 0.6) is 0 Å². The van der Waals surface area contributed by atoms with E-state index in [0.717, 1.165) is 37.0 Å². The Morgan fingerprint density at radius 1 is 0.900 bits per heavy atom. The van der Waals surface area contributed by atoms with Gasteiger partial charge in [-0.3, -0.25) is 9.59 Å². The third-order valence-corrected chi connectivity index (χ3v) is 13.0. The molecule has 0 saturated heterocycles.